The van der Waals surface area contributed by atoms with Crippen LogP contribution in [0.4, 0.5) is 0 Å². The summed E-state index contributed by atoms with van der Waals surface area (Å²) in [6, 6.07) is 64.9. The fourth-order valence-corrected chi connectivity index (χ4v) is 8.84. The van der Waals surface area contributed by atoms with Crippen LogP contribution in [-0.4, -0.2) is 19.1 Å². The fraction of sp³-hybridized carbons (Fsp3) is 0.0566. The number of rotatable bonds is 6. The average molecular weight is 731 g/mol. The topological polar surface area (TPSA) is 35.6 Å². The second kappa shape index (κ2) is 13.5. The van der Waals surface area contributed by atoms with E-state index < -0.39 is 0 Å². The number of benzene rings is 7. The minimum atomic E-state index is 0.437. The molecule has 10 aromatic rings. The lowest BCUT2D eigenvalue weighted by Crippen LogP contribution is -2.06. The number of para-hydroxylation sites is 2. The van der Waals surface area contributed by atoms with Crippen molar-refractivity contribution in [2.24, 2.45) is 0 Å². The predicted octanol–water partition coefficient (Wildman–Crippen LogP) is 13.7. The number of allylic oxidation sites excluding steroid dienone is 1. The molecule has 4 nitrogen and oxygen atoms in total. The van der Waals surface area contributed by atoms with E-state index in [0.717, 1.165) is 51.2 Å². The van der Waals surface area contributed by atoms with E-state index in [9.17, 15) is 0 Å². The van der Waals surface area contributed by atoms with Crippen LogP contribution in [0, 0.1) is 0 Å². The Morgan fingerprint density at radius 1 is 0.439 bits per heavy atom. The van der Waals surface area contributed by atoms with Crippen molar-refractivity contribution in [2.45, 2.75) is 19.3 Å². The molecule has 11 rings (SSSR count). The van der Waals surface area contributed by atoms with Gasteiger partial charge in [0.25, 0.3) is 0 Å². The van der Waals surface area contributed by atoms with Crippen molar-refractivity contribution in [3.05, 3.63) is 199 Å². The molecule has 0 amide bonds. The predicted molar refractivity (Wildman–Crippen MR) is 237 cm³/mol. The van der Waals surface area contributed by atoms with E-state index >= 15 is 0 Å². The van der Waals surface area contributed by atoms with Crippen LogP contribution in [0.1, 0.15) is 30.5 Å². The molecule has 57 heavy (non-hydrogen) atoms. The molecule has 4 heteroatoms. The number of hydrogen-bond acceptors (Lipinski definition) is 2. The average Bonchev–Trinajstić information content (AvgIpc) is 3.80. The van der Waals surface area contributed by atoms with Crippen LogP contribution in [0.25, 0.3) is 95.2 Å². The van der Waals surface area contributed by atoms with Gasteiger partial charge in [0.05, 0.1) is 27.9 Å². The Hall–Kier alpha value is -7.30. The van der Waals surface area contributed by atoms with E-state index in [0.29, 0.717) is 11.7 Å². The van der Waals surface area contributed by atoms with Gasteiger partial charge in [0.15, 0.2) is 5.82 Å². The van der Waals surface area contributed by atoms with E-state index in [2.05, 4.69) is 198 Å². The maximum atomic E-state index is 5.14. The van der Waals surface area contributed by atoms with Gasteiger partial charge in [0, 0.05) is 61.4 Å². The number of hydrogen-bond donors (Lipinski definition) is 0. The SMILES string of the molecule is CC1CC=Cc2c1n(-c1ccccc1)c1ccc(-c3ccc4c(c3)c3ccccc3n4-c3cccc(-c4nc(-c5ccccc5)cc(-c5ccccc5)n4)c3)cc21. The summed E-state index contributed by atoms with van der Waals surface area (Å²) in [5.74, 6) is 1.13. The fourth-order valence-electron chi connectivity index (χ4n) is 8.84. The molecule has 0 radical (unpaired) electrons. The first-order valence-electron chi connectivity index (χ1n) is 19.7. The van der Waals surface area contributed by atoms with E-state index in [-0.39, 0.29) is 0 Å². The van der Waals surface area contributed by atoms with Gasteiger partial charge >= 0.3 is 0 Å². The van der Waals surface area contributed by atoms with E-state index in [4.69, 9.17) is 9.97 Å². The molecule has 0 spiro atoms. The molecule has 3 aromatic heterocycles. The highest BCUT2D eigenvalue weighted by Crippen LogP contribution is 2.42. The van der Waals surface area contributed by atoms with E-state index in [1.165, 1.54) is 49.7 Å². The highest BCUT2D eigenvalue weighted by molar-refractivity contribution is 6.11. The molecule has 0 N–H and O–H groups in total. The minimum Gasteiger partial charge on any atom is -0.313 e. The van der Waals surface area contributed by atoms with Gasteiger partial charge < -0.3 is 9.13 Å². The first kappa shape index (κ1) is 33.1. The van der Waals surface area contributed by atoms with Crippen molar-refractivity contribution in [1.82, 2.24) is 19.1 Å². The molecule has 1 unspecified atom stereocenters. The van der Waals surface area contributed by atoms with Crippen LogP contribution in [0.5, 0.6) is 0 Å². The van der Waals surface area contributed by atoms with Gasteiger partial charge in [-0.05, 0) is 78.2 Å². The minimum absolute atomic E-state index is 0.437. The molecule has 1 aliphatic rings. The summed E-state index contributed by atoms with van der Waals surface area (Å²) >= 11 is 0. The van der Waals surface area contributed by atoms with Crippen LogP contribution >= 0.6 is 0 Å². The Morgan fingerprint density at radius 2 is 1.00 bits per heavy atom. The van der Waals surface area contributed by atoms with Crippen molar-refractivity contribution in [3.63, 3.8) is 0 Å². The Morgan fingerprint density at radius 3 is 1.70 bits per heavy atom. The highest BCUT2D eigenvalue weighted by atomic mass is 15.0. The Labute approximate surface area is 331 Å². The molecule has 1 atom stereocenters. The van der Waals surface area contributed by atoms with Crippen LogP contribution in [0.3, 0.4) is 0 Å². The molecule has 1 aliphatic carbocycles. The summed E-state index contributed by atoms with van der Waals surface area (Å²) in [5, 5.41) is 3.74. The summed E-state index contributed by atoms with van der Waals surface area (Å²) in [4.78, 5) is 10.3. The van der Waals surface area contributed by atoms with E-state index in [1.807, 2.05) is 12.1 Å². The number of fused-ring (bicyclic) bond motifs is 6. The second-order valence-corrected chi connectivity index (χ2v) is 15.1. The lowest BCUT2D eigenvalue weighted by molar-refractivity contribution is 0.723. The molecule has 270 valence electrons. The molecule has 0 saturated carbocycles. The lowest BCUT2D eigenvalue weighted by Gasteiger charge is -2.19. The van der Waals surface area contributed by atoms with Crippen LogP contribution in [0.15, 0.2) is 188 Å². The van der Waals surface area contributed by atoms with Gasteiger partial charge in [-0.25, -0.2) is 9.97 Å². The van der Waals surface area contributed by atoms with Gasteiger partial charge in [-0.1, -0.05) is 140 Å². The number of aromatic nitrogens is 4. The Balaban J connectivity index is 1.04. The standard InChI is InChI=1S/C53H38N4/c1-35-15-13-25-44-46-33-39(28-30-51(46)57(52(35)44)41-21-9-4-10-22-41)38-27-29-50-45(32-38)43-24-11-12-26-49(43)56(50)42-23-14-20-40(31-42)53-54-47(36-16-5-2-6-17-36)34-48(55-53)37-18-7-3-8-19-37/h2-14,16-35H,15H2,1H3. The number of nitrogens with zero attached hydrogens (tertiary/aromatic N) is 4. The van der Waals surface area contributed by atoms with Gasteiger partial charge in [-0.15, -0.1) is 0 Å². The molecule has 3 heterocycles. The third-order valence-corrected chi connectivity index (χ3v) is 11.5. The second-order valence-electron chi connectivity index (χ2n) is 15.1. The zero-order valence-electron chi connectivity index (χ0n) is 31.5. The molecule has 0 fully saturated rings. The van der Waals surface area contributed by atoms with Gasteiger partial charge in [0.2, 0.25) is 0 Å². The third kappa shape index (κ3) is 5.60. The van der Waals surface area contributed by atoms with Gasteiger partial charge in [0.1, 0.15) is 0 Å². The van der Waals surface area contributed by atoms with Gasteiger partial charge in [-0.2, -0.15) is 0 Å². The van der Waals surface area contributed by atoms with Crippen LogP contribution in [0.2, 0.25) is 0 Å². The normalized spacial score (nSPS) is 13.7. The molecule has 7 aromatic carbocycles. The van der Waals surface area contributed by atoms with Crippen molar-refractivity contribution in [2.75, 3.05) is 0 Å². The molecule has 0 bridgehead atoms. The first-order chi connectivity index (χ1) is 28.2. The molecule has 0 aliphatic heterocycles. The molecular weight excluding hydrogens is 693 g/mol. The summed E-state index contributed by atoms with van der Waals surface area (Å²) in [7, 11) is 0. The zero-order valence-corrected chi connectivity index (χ0v) is 31.5. The maximum Gasteiger partial charge on any atom is 0.160 e. The zero-order chi connectivity index (χ0) is 37.9. The van der Waals surface area contributed by atoms with Crippen molar-refractivity contribution in [3.8, 4) is 56.4 Å². The van der Waals surface area contributed by atoms with E-state index in [1.54, 1.807) is 0 Å². The quantitative estimate of drug-likeness (QED) is 0.171. The first-order valence-corrected chi connectivity index (χ1v) is 19.7. The van der Waals surface area contributed by atoms with Crippen LogP contribution in [-0.2, 0) is 0 Å². The van der Waals surface area contributed by atoms with Gasteiger partial charge in [-0.3, -0.25) is 0 Å². The molecular formula is C53H38N4. The smallest absolute Gasteiger partial charge is 0.160 e. The summed E-state index contributed by atoms with van der Waals surface area (Å²) in [6.45, 7) is 2.35. The highest BCUT2D eigenvalue weighted by Gasteiger charge is 2.24. The monoisotopic (exact) mass is 730 g/mol. The summed E-state index contributed by atoms with van der Waals surface area (Å²) in [6.07, 6.45) is 5.71. The lowest BCUT2D eigenvalue weighted by atomic mass is 9.92. The van der Waals surface area contributed by atoms with Crippen LogP contribution < -0.4 is 0 Å². The largest absolute Gasteiger partial charge is 0.313 e. The Kier molecular flexibility index (Phi) is 7.82. The molecule has 0 saturated heterocycles. The third-order valence-electron chi connectivity index (χ3n) is 11.5. The summed E-state index contributed by atoms with van der Waals surface area (Å²) in [5.41, 5.74) is 15.9. The maximum absolute atomic E-state index is 5.14. The Bertz CT molecular complexity index is 3100. The van der Waals surface area contributed by atoms with Crippen molar-refractivity contribution < 1.29 is 0 Å². The summed E-state index contributed by atoms with van der Waals surface area (Å²) < 4.78 is 4.85. The van der Waals surface area contributed by atoms with Crippen molar-refractivity contribution >= 4 is 38.8 Å². The van der Waals surface area contributed by atoms with Crippen molar-refractivity contribution in [1.29, 1.82) is 0 Å².